The molecule has 2 aliphatic rings. The SMILES string of the molecule is CC1(C)/C(=C\C=C\C/C=C(\C=C(/O)C2=CCCC=C2)c2ccccc2)Nc2ccccc21. The highest BCUT2D eigenvalue weighted by atomic mass is 16.3. The minimum Gasteiger partial charge on any atom is -0.507 e. The molecule has 2 aromatic rings. The van der Waals surface area contributed by atoms with Gasteiger partial charge in [0.2, 0.25) is 0 Å². The Morgan fingerprint density at radius 1 is 1.03 bits per heavy atom. The second-order valence-corrected chi connectivity index (χ2v) is 8.73. The Morgan fingerprint density at radius 3 is 2.56 bits per heavy atom. The van der Waals surface area contributed by atoms with E-state index in [0.29, 0.717) is 5.76 Å². The van der Waals surface area contributed by atoms with E-state index >= 15 is 0 Å². The van der Waals surface area contributed by atoms with Gasteiger partial charge in [-0.05, 0) is 54.2 Å². The number of rotatable bonds is 6. The van der Waals surface area contributed by atoms with Crippen molar-refractivity contribution in [2.45, 2.75) is 38.5 Å². The van der Waals surface area contributed by atoms with E-state index in [1.807, 2.05) is 30.4 Å². The fourth-order valence-electron chi connectivity index (χ4n) is 4.20. The Hall–Kier alpha value is -3.52. The summed E-state index contributed by atoms with van der Waals surface area (Å²) in [5, 5.41) is 14.2. The van der Waals surface area contributed by atoms with Crippen LogP contribution in [0.15, 0.2) is 120 Å². The van der Waals surface area contributed by atoms with Gasteiger partial charge >= 0.3 is 0 Å². The molecule has 162 valence electrons. The van der Waals surface area contributed by atoms with Gasteiger partial charge in [-0.25, -0.2) is 0 Å². The number of aliphatic hydroxyl groups excluding tert-OH is 1. The van der Waals surface area contributed by atoms with E-state index in [-0.39, 0.29) is 5.41 Å². The second kappa shape index (κ2) is 9.74. The summed E-state index contributed by atoms with van der Waals surface area (Å²) in [6.45, 7) is 4.50. The molecule has 0 fully saturated rings. The molecule has 2 N–H and O–H groups in total. The number of hydrogen-bond acceptors (Lipinski definition) is 2. The van der Waals surface area contributed by atoms with E-state index in [9.17, 15) is 5.11 Å². The van der Waals surface area contributed by atoms with Crippen molar-refractivity contribution in [3.8, 4) is 0 Å². The predicted molar refractivity (Wildman–Crippen MR) is 137 cm³/mol. The fourth-order valence-corrected chi connectivity index (χ4v) is 4.20. The third-order valence-electron chi connectivity index (χ3n) is 6.11. The summed E-state index contributed by atoms with van der Waals surface area (Å²) in [4.78, 5) is 0. The maximum atomic E-state index is 10.7. The van der Waals surface area contributed by atoms with Crippen molar-refractivity contribution in [2.24, 2.45) is 0 Å². The number of allylic oxidation sites excluding steroid dienone is 10. The Bertz CT molecular complexity index is 1140. The lowest BCUT2D eigenvalue weighted by Gasteiger charge is -2.19. The van der Waals surface area contributed by atoms with Crippen LogP contribution in [-0.2, 0) is 5.41 Å². The van der Waals surface area contributed by atoms with Crippen molar-refractivity contribution >= 4 is 11.3 Å². The monoisotopic (exact) mass is 421 g/mol. The van der Waals surface area contributed by atoms with Gasteiger partial charge in [-0.15, -0.1) is 0 Å². The Morgan fingerprint density at radius 2 is 1.81 bits per heavy atom. The van der Waals surface area contributed by atoms with E-state index in [1.165, 1.54) is 16.9 Å². The molecule has 4 rings (SSSR count). The third kappa shape index (κ3) is 4.86. The maximum absolute atomic E-state index is 10.7. The Labute approximate surface area is 191 Å². The van der Waals surface area contributed by atoms with Gasteiger partial charge in [-0.2, -0.15) is 0 Å². The minimum absolute atomic E-state index is 0.0261. The highest BCUT2D eigenvalue weighted by Gasteiger charge is 2.33. The topological polar surface area (TPSA) is 32.3 Å². The minimum atomic E-state index is -0.0261. The van der Waals surface area contributed by atoms with E-state index in [2.05, 4.69) is 92.0 Å². The Kier molecular flexibility index (Phi) is 6.61. The molecule has 2 heteroatoms. The maximum Gasteiger partial charge on any atom is 0.123 e. The van der Waals surface area contributed by atoms with Gasteiger partial charge < -0.3 is 10.4 Å². The molecule has 0 bridgehead atoms. The molecule has 1 aliphatic heterocycles. The van der Waals surface area contributed by atoms with E-state index in [1.54, 1.807) is 0 Å². The van der Waals surface area contributed by atoms with E-state index < -0.39 is 0 Å². The standard InChI is InChI=1S/C30H31NO/c1-30(2)26-19-12-13-20-27(26)31-29(30)21-11-5-10-18-25(23-14-6-3-7-15-23)22-28(32)24-16-8-4-9-17-24/h3,5-8,11-22,31-32H,4,9-10H2,1-2H3/b11-5+,25-18+,28-22-,29-21+. The van der Waals surface area contributed by atoms with Crippen molar-refractivity contribution in [3.05, 3.63) is 131 Å². The molecule has 2 aromatic carbocycles. The molecule has 1 heterocycles. The first-order valence-electron chi connectivity index (χ1n) is 11.3. The molecule has 1 aliphatic carbocycles. The van der Waals surface area contributed by atoms with Crippen LogP contribution in [0.4, 0.5) is 5.69 Å². The highest BCUT2D eigenvalue weighted by molar-refractivity contribution is 5.75. The van der Waals surface area contributed by atoms with E-state index in [0.717, 1.165) is 36.0 Å². The third-order valence-corrected chi connectivity index (χ3v) is 6.11. The molecule has 0 unspecified atom stereocenters. The summed E-state index contributed by atoms with van der Waals surface area (Å²) in [5.41, 5.74) is 6.71. The molecule has 0 aromatic heterocycles. The van der Waals surface area contributed by atoms with Gasteiger partial charge in [-0.3, -0.25) is 0 Å². The lowest BCUT2D eigenvalue weighted by Crippen LogP contribution is -2.16. The van der Waals surface area contributed by atoms with Gasteiger partial charge in [0.25, 0.3) is 0 Å². The lowest BCUT2D eigenvalue weighted by atomic mass is 9.84. The first-order valence-corrected chi connectivity index (χ1v) is 11.3. The summed E-state index contributed by atoms with van der Waals surface area (Å²) >= 11 is 0. The van der Waals surface area contributed by atoms with Gasteiger partial charge in [0.1, 0.15) is 5.76 Å². The predicted octanol–water partition coefficient (Wildman–Crippen LogP) is 8.02. The second-order valence-electron chi connectivity index (χ2n) is 8.73. The summed E-state index contributed by atoms with van der Waals surface area (Å²) in [6, 6.07) is 18.7. The smallest absolute Gasteiger partial charge is 0.123 e. The van der Waals surface area contributed by atoms with Crippen molar-refractivity contribution in [2.75, 3.05) is 5.32 Å². The molecule has 0 saturated carbocycles. The van der Waals surface area contributed by atoms with Crippen LogP contribution >= 0.6 is 0 Å². The molecule has 2 nitrogen and oxygen atoms in total. The lowest BCUT2D eigenvalue weighted by molar-refractivity contribution is 0.426. The first kappa shape index (κ1) is 21.7. The van der Waals surface area contributed by atoms with Crippen LogP contribution in [0, 0.1) is 0 Å². The van der Waals surface area contributed by atoms with Gasteiger partial charge in [-0.1, -0.05) is 98.8 Å². The number of aliphatic hydroxyl groups is 1. The number of hydrogen-bond donors (Lipinski definition) is 2. The number of anilines is 1. The molecule has 32 heavy (non-hydrogen) atoms. The van der Waals surface area contributed by atoms with Crippen LogP contribution in [0.25, 0.3) is 5.57 Å². The molecule has 0 spiro atoms. The van der Waals surface area contributed by atoms with Gasteiger partial charge in [0.05, 0.1) is 0 Å². The number of benzene rings is 2. The molecule has 0 amide bonds. The summed E-state index contributed by atoms with van der Waals surface area (Å²) in [6.07, 6.45) is 19.5. The average molecular weight is 422 g/mol. The van der Waals surface area contributed by atoms with Crippen molar-refractivity contribution in [1.29, 1.82) is 0 Å². The van der Waals surface area contributed by atoms with Crippen molar-refractivity contribution in [1.82, 2.24) is 0 Å². The average Bonchev–Trinajstić information content (AvgIpc) is 3.09. The first-order chi connectivity index (χ1) is 15.6. The highest BCUT2D eigenvalue weighted by Crippen LogP contribution is 2.42. The van der Waals surface area contributed by atoms with Crippen LogP contribution < -0.4 is 5.32 Å². The Balaban J connectivity index is 1.51. The van der Waals surface area contributed by atoms with E-state index in [4.69, 9.17) is 0 Å². The molecule has 0 saturated heterocycles. The normalized spacial score (nSPS) is 19.2. The largest absolute Gasteiger partial charge is 0.507 e. The molecule has 0 radical (unpaired) electrons. The van der Waals surface area contributed by atoms with Crippen LogP contribution in [0.2, 0.25) is 0 Å². The van der Waals surface area contributed by atoms with Crippen LogP contribution in [0.3, 0.4) is 0 Å². The van der Waals surface area contributed by atoms with Crippen LogP contribution in [0.1, 0.15) is 44.2 Å². The molecular weight excluding hydrogens is 390 g/mol. The fraction of sp³-hybridized carbons (Fsp3) is 0.200. The van der Waals surface area contributed by atoms with Crippen molar-refractivity contribution < 1.29 is 5.11 Å². The summed E-state index contributed by atoms with van der Waals surface area (Å²) < 4.78 is 0. The molecule has 0 atom stereocenters. The number of para-hydroxylation sites is 1. The van der Waals surface area contributed by atoms with Crippen LogP contribution in [-0.4, -0.2) is 5.11 Å². The summed E-state index contributed by atoms with van der Waals surface area (Å²) in [7, 11) is 0. The number of fused-ring (bicyclic) bond motifs is 1. The zero-order valence-electron chi connectivity index (χ0n) is 18.9. The quantitative estimate of drug-likeness (QED) is 0.365. The van der Waals surface area contributed by atoms with Crippen LogP contribution in [0.5, 0.6) is 0 Å². The zero-order chi connectivity index (χ0) is 22.4. The van der Waals surface area contributed by atoms with Crippen molar-refractivity contribution in [3.63, 3.8) is 0 Å². The number of nitrogens with one attached hydrogen (secondary N) is 1. The van der Waals surface area contributed by atoms with Gasteiger partial charge in [0, 0.05) is 22.4 Å². The zero-order valence-corrected chi connectivity index (χ0v) is 18.9. The van der Waals surface area contributed by atoms with Gasteiger partial charge in [0.15, 0.2) is 0 Å². The summed E-state index contributed by atoms with van der Waals surface area (Å²) in [5.74, 6) is 0.317. The molecular formula is C30H31NO.